The zero-order chi connectivity index (χ0) is 50.8. The Morgan fingerprint density at radius 2 is 1.07 bits per heavy atom. The highest BCUT2D eigenvalue weighted by molar-refractivity contribution is 8.00. The maximum atomic E-state index is 11.9. The van der Waals surface area contributed by atoms with E-state index in [1.165, 1.54) is 0 Å². The van der Waals surface area contributed by atoms with Crippen molar-refractivity contribution in [3.05, 3.63) is 77.6 Å². The van der Waals surface area contributed by atoms with Crippen LogP contribution in [0.25, 0.3) is 22.9 Å². The van der Waals surface area contributed by atoms with Crippen LogP contribution in [0.15, 0.2) is 37.1 Å². The Morgan fingerprint density at radius 3 is 1.53 bits per heavy atom. The Labute approximate surface area is 405 Å². The minimum Gasteiger partial charge on any atom is -0.318 e. The number of pyridine rings is 1. The molecule has 8 heterocycles. The Hall–Kier alpha value is -5.17. The van der Waals surface area contributed by atoms with Crippen molar-refractivity contribution >= 4 is 30.8 Å². The second-order valence-corrected chi connectivity index (χ2v) is 28.0. The number of aryl methyl sites for hydroxylation is 1. The predicted octanol–water partition coefficient (Wildman–Crippen LogP) is 6.76. The smallest absolute Gasteiger partial charge is 0.183 e. The largest absolute Gasteiger partial charge is 0.318 e. The molecule has 0 saturated carbocycles. The second kappa shape index (κ2) is 20.4. The van der Waals surface area contributed by atoms with Gasteiger partial charge in [-0.25, -0.2) is 4.98 Å². The van der Waals surface area contributed by atoms with Crippen LogP contribution in [0.5, 0.6) is 0 Å². The molecule has 4 unspecified atom stereocenters. The summed E-state index contributed by atoms with van der Waals surface area (Å²) in [6, 6.07) is 2.07. The van der Waals surface area contributed by atoms with E-state index >= 15 is 0 Å². The first kappa shape index (κ1) is 53.8. The van der Waals surface area contributed by atoms with Crippen LogP contribution in [0.1, 0.15) is 142 Å². The summed E-state index contributed by atoms with van der Waals surface area (Å²) in [5, 5.41) is 34.1. The van der Waals surface area contributed by atoms with Gasteiger partial charge in [-0.1, -0.05) is 83.1 Å². The number of rotatable bonds is 5. The van der Waals surface area contributed by atoms with E-state index in [2.05, 4.69) is 166 Å². The normalized spacial score (nSPS) is 20.8. The van der Waals surface area contributed by atoms with Gasteiger partial charge in [-0.05, 0) is 68.1 Å². The molecule has 19 heteroatoms. The van der Waals surface area contributed by atoms with Crippen molar-refractivity contribution in [2.24, 2.45) is 34.1 Å². The highest BCUT2D eigenvalue weighted by Gasteiger charge is 2.32. The molecule has 2 aliphatic heterocycles. The van der Waals surface area contributed by atoms with Crippen LogP contribution < -0.4 is 0 Å². The fourth-order valence-electron chi connectivity index (χ4n) is 8.56. The minimum atomic E-state index is -1.87. The van der Waals surface area contributed by atoms with Crippen LogP contribution in [0, 0.1) is 12.8 Å². The molecule has 0 radical (unpaired) electrons. The summed E-state index contributed by atoms with van der Waals surface area (Å²) in [7, 11) is 4.29. The molecule has 0 spiro atoms. The van der Waals surface area contributed by atoms with E-state index in [4.69, 9.17) is 0 Å². The zero-order valence-corrected chi connectivity index (χ0v) is 45.5. The van der Waals surface area contributed by atoms with Crippen LogP contribution in [-0.4, -0.2) is 117 Å². The van der Waals surface area contributed by atoms with Gasteiger partial charge >= 0.3 is 0 Å². The van der Waals surface area contributed by atoms with Crippen molar-refractivity contribution in [1.82, 2.24) is 74.0 Å². The third-order valence-corrected chi connectivity index (χ3v) is 15.9. The standard InChI is InChI=1S/C13H18N4.C13H23N3OS.C12H21N3OS.C11H15N5/c1-9-6-10(8-14-7-9)11-15-16-12(17(11)5)13(2,3)4;1-13(2,3)12-15-14-11(16(12)4)8-10-6-7-18(5,17)9-10;1-12(2,3)11-14-13-10(15(11)4)9-6-7-17(5,16)8-9;1-11(2,3)10-15-14-9(16(10)4)8-7-12-5-6-13-8/h6-8H,1-5H3;10H,5-9H2,1-4H3;9H,5-8H2,1-4H3;5-7H,1-4H3. The third-order valence-electron chi connectivity index (χ3n) is 11.8. The number of hydrogen-bond donors (Lipinski definition) is 0. The molecule has 0 amide bonds. The second-order valence-electron chi connectivity index (χ2n) is 22.6. The Morgan fingerprint density at radius 1 is 0.574 bits per heavy atom. The molecule has 372 valence electrons. The first-order valence-corrected chi connectivity index (χ1v) is 27.3. The first-order valence-electron chi connectivity index (χ1n) is 23.2. The molecular formula is C49H77N15O2S2. The van der Waals surface area contributed by atoms with Crippen molar-refractivity contribution < 1.29 is 8.42 Å². The predicted molar refractivity (Wildman–Crippen MR) is 277 cm³/mol. The van der Waals surface area contributed by atoms with Crippen molar-refractivity contribution in [3.63, 3.8) is 0 Å². The fraction of sp³-hybridized carbons (Fsp3) is 0.612. The third kappa shape index (κ3) is 13.5. The SMILES string of the molecule is C=S1(=O)CCC(Cc2nnc(C(C)(C)C)n2C)C1.C=S1(=O)CCC(c2nnc(C(C)(C)C)n2C)C1.Cc1cncc(-c2nnc(C(C)(C)C)n2C)c1.Cn1c(-c2cnccn2)nnc1C(C)(C)C. The van der Waals surface area contributed by atoms with Crippen LogP contribution in [-0.2, 0) is 75.3 Å². The highest BCUT2D eigenvalue weighted by Crippen LogP contribution is 2.31. The van der Waals surface area contributed by atoms with E-state index < -0.39 is 19.0 Å². The number of hydrogen-bond acceptors (Lipinski definition) is 13. The molecule has 2 aliphatic rings. The lowest BCUT2D eigenvalue weighted by Crippen LogP contribution is -2.19. The molecule has 0 aliphatic carbocycles. The monoisotopic (exact) mass is 972 g/mol. The van der Waals surface area contributed by atoms with E-state index in [0.717, 1.165) is 99.9 Å². The van der Waals surface area contributed by atoms with Gasteiger partial charge < -0.3 is 18.3 Å². The van der Waals surface area contributed by atoms with E-state index in [-0.39, 0.29) is 27.6 Å². The molecule has 68 heavy (non-hydrogen) atoms. The van der Waals surface area contributed by atoms with E-state index in [9.17, 15) is 8.42 Å². The molecule has 17 nitrogen and oxygen atoms in total. The molecule has 0 N–H and O–H groups in total. The minimum absolute atomic E-state index is 0.00272. The lowest BCUT2D eigenvalue weighted by Gasteiger charge is -2.18. The Balaban J connectivity index is 0.000000170. The van der Waals surface area contributed by atoms with Crippen LogP contribution in [0.2, 0.25) is 0 Å². The van der Waals surface area contributed by atoms with Crippen LogP contribution in [0.3, 0.4) is 0 Å². The van der Waals surface area contributed by atoms with Crippen molar-refractivity contribution in [3.8, 4) is 22.9 Å². The quantitative estimate of drug-likeness (QED) is 0.165. The summed E-state index contributed by atoms with van der Waals surface area (Å²) < 4.78 is 31.9. The van der Waals surface area contributed by atoms with E-state index in [1.54, 1.807) is 18.6 Å². The van der Waals surface area contributed by atoms with Gasteiger partial charge in [-0.15, -0.1) is 40.8 Å². The maximum absolute atomic E-state index is 11.9. The van der Waals surface area contributed by atoms with Gasteiger partial charge in [-0.3, -0.25) is 18.4 Å². The van der Waals surface area contributed by atoms with E-state index in [1.807, 2.05) is 56.6 Å². The lowest BCUT2D eigenvalue weighted by atomic mass is 9.95. The molecule has 2 saturated heterocycles. The molecule has 8 rings (SSSR count). The summed E-state index contributed by atoms with van der Waals surface area (Å²) in [5.74, 6) is 18.7. The topological polar surface area (TPSA) is 196 Å². The van der Waals surface area contributed by atoms with Gasteiger partial charge in [0.05, 0.1) is 6.20 Å². The Kier molecular flexibility index (Phi) is 16.2. The van der Waals surface area contributed by atoms with Crippen LogP contribution >= 0.6 is 0 Å². The number of aromatic nitrogens is 15. The van der Waals surface area contributed by atoms with Gasteiger partial charge in [0, 0.05) is 116 Å². The van der Waals surface area contributed by atoms with Gasteiger partial charge in [0.2, 0.25) is 0 Å². The molecule has 0 bridgehead atoms. The summed E-state index contributed by atoms with van der Waals surface area (Å²) in [4.78, 5) is 12.4. The summed E-state index contributed by atoms with van der Waals surface area (Å²) >= 11 is 0. The molecule has 4 atom stereocenters. The molecule has 0 aromatic carbocycles. The van der Waals surface area contributed by atoms with Gasteiger partial charge in [0.15, 0.2) is 11.6 Å². The van der Waals surface area contributed by atoms with Gasteiger partial charge in [-0.2, -0.15) is 0 Å². The summed E-state index contributed by atoms with van der Waals surface area (Å²) in [6.45, 7) is 27.5. The molecule has 6 aromatic heterocycles. The van der Waals surface area contributed by atoms with Crippen molar-refractivity contribution in [2.45, 2.75) is 137 Å². The Bertz CT molecular complexity index is 2860. The lowest BCUT2D eigenvalue weighted by molar-refractivity contribution is 0.507. The average molecular weight is 972 g/mol. The fourth-order valence-corrected chi connectivity index (χ4v) is 12.6. The maximum Gasteiger partial charge on any atom is 0.183 e. The summed E-state index contributed by atoms with van der Waals surface area (Å²) in [6.07, 6.45) is 11.4. The van der Waals surface area contributed by atoms with Gasteiger partial charge in [0.25, 0.3) is 0 Å². The average Bonchev–Trinajstić information content (AvgIpc) is 4.08. The van der Waals surface area contributed by atoms with Gasteiger partial charge in [0.1, 0.15) is 40.6 Å². The van der Waals surface area contributed by atoms with E-state index in [0.29, 0.717) is 11.7 Å². The zero-order valence-electron chi connectivity index (χ0n) is 43.8. The van der Waals surface area contributed by atoms with Crippen molar-refractivity contribution in [1.29, 1.82) is 0 Å². The molecule has 2 fully saturated rings. The first-order chi connectivity index (χ1) is 31.3. The van der Waals surface area contributed by atoms with Crippen molar-refractivity contribution in [2.75, 3.05) is 23.0 Å². The van der Waals surface area contributed by atoms with Crippen LogP contribution in [0.4, 0.5) is 0 Å². The molecular weight excluding hydrogens is 895 g/mol. The highest BCUT2D eigenvalue weighted by atomic mass is 32.2. The summed E-state index contributed by atoms with van der Waals surface area (Å²) in [5.41, 5.74) is 2.85. The number of nitrogens with zero attached hydrogens (tertiary/aromatic N) is 15. The molecule has 6 aromatic rings.